The van der Waals surface area contributed by atoms with Crippen molar-refractivity contribution in [2.45, 2.75) is 32.9 Å². The lowest BCUT2D eigenvalue weighted by molar-refractivity contribution is 0.243. The highest BCUT2D eigenvalue weighted by atomic mass is 16.5. The van der Waals surface area contributed by atoms with Crippen molar-refractivity contribution in [1.82, 2.24) is 5.32 Å². The zero-order valence-electron chi connectivity index (χ0n) is 9.82. The predicted octanol–water partition coefficient (Wildman–Crippen LogP) is 2.08. The van der Waals surface area contributed by atoms with Gasteiger partial charge in [-0.2, -0.15) is 0 Å². The van der Waals surface area contributed by atoms with Crippen molar-refractivity contribution in [1.29, 1.82) is 0 Å². The number of fused-ring (bicyclic) bond motifs is 1. The first-order chi connectivity index (χ1) is 7.58. The molecule has 2 rings (SSSR count). The van der Waals surface area contributed by atoms with Gasteiger partial charge in [-0.3, -0.25) is 0 Å². The van der Waals surface area contributed by atoms with Gasteiger partial charge >= 0.3 is 0 Å². The van der Waals surface area contributed by atoms with E-state index >= 15 is 0 Å². The Balaban J connectivity index is 2.47. The molecule has 1 aromatic carbocycles. The van der Waals surface area contributed by atoms with Crippen LogP contribution in [0.5, 0.6) is 5.75 Å². The number of hydrogen-bond acceptors (Lipinski definition) is 4. The van der Waals surface area contributed by atoms with Crippen molar-refractivity contribution in [3.05, 3.63) is 23.8 Å². The summed E-state index contributed by atoms with van der Waals surface area (Å²) >= 11 is 0. The van der Waals surface area contributed by atoms with E-state index in [1.165, 1.54) is 0 Å². The summed E-state index contributed by atoms with van der Waals surface area (Å²) in [5, 5.41) is 3.09. The van der Waals surface area contributed by atoms with Gasteiger partial charge in [0.05, 0.1) is 12.1 Å². The van der Waals surface area contributed by atoms with Gasteiger partial charge in [0, 0.05) is 5.56 Å². The second-order valence-electron chi connectivity index (χ2n) is 4.22. The quantitative estimate of drug-likeness (QED) is 0.800. The van der Waals surface area contributed by atoms with E-state index in [9.17, 15) is 0 Å². The van der Waals surface area contributed by atoms with E-state index in [0.717, 1.165) is 17.0 Å². The Kier molecular flexibility index (Phi) is 2.73. The summed E-state index contributed by atoms with van der Waals surface area (Å²) in [5.41, 5.74) is 7.69. The molecule has 1 unspecified atom stereocenters. The molecule has 0 fully saturated rings. The fourth-order valence-electron chi connectivity index (χ4n) is 1.81. The Morgan fingerprint density at radius 1 is 1.44 bits per heavy atom. The van der Waals surface area contributed by atoms with Crippen molar-refractivity contribution < 1.29 is 4.74 Å². The van der Waals surface area contributed by atoms with Crippen molar-refractivity contribution in [2.75, 3.05) is 0 Å². The molecule has 1 heterocycles. The summed E-state index contributed by atoms with van der Waals surface area (Å²) in [4.78, 5) is 4.31. The normalized spacial score (nSPS) is 18.8. The molecule has 0 spiro atoms. The number of hydrogen-bond donors (Lipinski definition) is 2. The van der Waals surface area contributed by atoms with Crippen LogP contribution in [0.3, 0.4) is 0 Å². The summed E-state index contributed by atoms with van der Waals surface area (Å²) in [5.74, 6) is 1.24. The Labute approximate surface area is 95.5 Å². The Morgan fingerprint density at radius 3 is 2.88 bits per heavy atom. The van der Waals surface area contributed by atoms with E-state index in [4.69, 9.17) is 10.5 Å². The Morgan fingerprint density at radius 2 is 2.19 bits per heavy atom. The summed E-state index contributed by atoms with van der Waals surface area (Å²) in [6.07, 6.45) is 0.133. The number of guanidine groups is 1. The third kappa shape index (κ3) is 1.96. The van der Waals surface area contributed by atoms with Crippen molar-refractivity contribution >= 4 is 11.6 Å². The van der Waals surface area contributed by atoms with E-state index in [0.29, 0.717) is 5.96 Å². The van der Waals surface area contributed by atoms with E-state index in [1.807, 2.05) is 32.0 Å². The van der Waals surface area contributed by atoms with E-state index in [1.54, 1.807) is 0 Å². The summed E-state index contributed by atoms with van der Waals surface area (Å²) in [7, 11) is 0. The van der Waals surface area contributed by atoms with Crippen LogP contribution in [0.25, 0.3) is 0 Å². The van der Waals surface area contributed by atoms with Gasteiger partial charge in [0.15, 0.2) is 5.96 Å². The maximum absolute atomic E-state index is 5.72. The largest absolute Gasteiger partial charge is 0.489 e. The van der Waals surface area contributed by atoms with Crippen LogP contribution < -0.4 is 15.8 Å². The molecule has 4 heteroatoms. The Bertz CT molecular complexity index is 426. The van der Waals surface area contributed by atoms with Crippen LogP contribution in [-0.4, -0.2) is 12.1 Å². The second-order valence-corrected chi connectivity index (χ2v) is 4.22. The summed E-state index contributed by atoms with van der Waals surface area (Å²) < 4.78 is 5.72. The number of nitrogens with two attached hydrogens (primary N) is 1. The number of aliphatic imine (C=N–C) groups is 1. The molecule has 0 aromatic heterocycles. The second kappa shape index (κ2) is 4.04. The molecular weight excluding hydrogens is 202 g/mol. The molecule has 1 atom stereocenters. The highest BCUT2D eigenvalue weighted by molar-refractivity contribution is 5.85. The monoisotopic (exact) mass is 219 g/mol. The maximum atomic E-state index is 5.72. The lowest BCUT2D eigenvalue weighted by Gasteiger charge is -2.24. The van der Waals surface area contributed by atoms with Crippen LogP contribution >= 0.6 is 0 Å². The molecule has 4 nitrogen and oxygen atoms in total. The van der Waals surface area contributed by atoms with Gasteiger partial charge < -0.3 is 15.8 Å². The van der Waals surface area contributed by atoms with E-state index in [-0.39, 0.29) is 12.1 Å². The topological polar surface area (TPSA) is 59.6 Å². The molecular formula is C12H17N3O. The molecule has 3 N–H and O–H groups in total. The first-order valence-electron chi connectivity index (χ1n) is 5.48. The lowest BCUT2D eigenvalue weighted by Crippen LogP contribution is -2.36. The number of benzene rings is 1. The van der Waals surface area contributed by atoms with Crippen LogP contribution in [0.4, 0.5) is 5.69 Å². The number of ether oxygens (including phenoxy) is 1. The van der Waals surface area contributed by atoms with Crippen molar-refractivity contribution in [3.8, 4) is 5.75 Å². The number of nitrogens with zero attached hydrogens (tertiary/aromatic N) is 1. The van der Waals surface area contributed by atoms with Crippen molar-refractivity contribution in [2.24, 2.45) is 10.7 Å². The highest BCUT2D eigenvalue weighted by Crippen LogP contribution is 2.37. The average molecular weight is 219 g/mol. The molecule has 1 aromatic rings. The standard InChI is InChI=1S/C12H17N3O/c1-7(2)16-10-6-4-5-9-8(3)14-12(13)15-11(9)10/h4-8H,1-3H3,(H3,13,14,15). The molecule has 0 saturated carbocycles. The molecule has 0 amide bonds. The van der Waals surface area contributed by atoms with Gasteiger partial charge in [0.1, 0.15) is 11.4 Å². The molecule has 1 aliphatic rings. The van der Waals surface area contributed by atoms with Gasteiger partial charge in [0.25, 0.3) is 0 Å². The lowest BCUT2D eigenvalue weighted by atomic mass is 10.0. The minimum Gasteiger partial charge on any atom is -0.489 e. The molecule has 0 aliphatic carbocycles. The van der Waals surface area contributed by atoms with Crippen LogP contribution in [0, 0.1) is 0 Å². The van der Waals surface area contributed by atoms with Crippen LogP contribution in [-0.2, 0) is 0 Å². The van der Waals surface area contributed by atoms with E-state index in [2.05, 4.69) is 17.2 Å². The SMILES string of the molecule is CC(C)Oc1cccc2c1N=C(N)NC2C. The fraction of sp³-hybridized carbons (Fsp3) is 0.417. The van der Waals surface area contributed by atoms with Crippen LogP contribution in [0.2, 0.25) is 0 Å². The van der Waals surface area contributed by atoms with E-state index < -0.39 is 0 Å². The van der Waals surface area contributed by atoms with Gasteiger partial charge in [-0.15, -0.1) is 0 Å². The highest BCUT2D eigenvalue weighted by Gasteiger charge is 2.20. The van der Waals surface area contributed by atoms with Gasteiger partial charge in [-0.05, 0) is 26.8 Å². The Hall–Kier alpha value is -1.71. The number of rotatable bonds is 2. The first-order valence-corrected chi connectivity index (χ1v) is 5.48. The maximum Gasteiger partial charge on any atom is 0.194 e. The van der Waals surface area contributed by atoms with Crippen LogP contribution in [0.15, 0.2) is 23.2 Å². The minimum atomic E-state index is 0.133. The first kappa shape index (κ1) is 10.8. The van der Waals surface area contributed by atoms with Gasteiger partial charge in [-0.1, -0.05) is 12.1 Å². The van der Waals surface area contributed by atoms with Crippen LogP contribution in [0.1, 0.15) is 32.4 Å². The zero-order valence-corrected chi connectivity index (χ0v) is 9.82. The molecule has 0 saturated heterocycles. The molecule has 16 heavy (non-hydrogen) atoms. The van der Waals surface area contributed by atoms with Gasteiger partial charge in [-0.25, -0.2) is 4.99 Å². The fourth-order valence-corrected chi connectivity index (χ4v) is 1.81. The molecule has 0 bridgehead atoms. The third-order valence-corrected chi connectivity index (χ3v) is 2.46. The molecule has 1 aliphatic heterocycles. The molecule has 86 valence electrons. The minimum absolute atomic E-state index is 0.133. The number of para-hydroxylation sites is 1. The summed E-state index contributed by atoms with van der Waals surface area (Å²) in [6.45, 7) is 6.05. The third-order valence-electron chi connectivity index (χ3n) is 2.46. The average Bonchev–Trinajstić information content (AvgIpc) is 2.18. The molecule has 0 radical (unpaired) electrons. The zero-order chi connectivity index (χ0) is 11.7. The number of nitrogens with one attached hydrogen (secondary N) is 1. The predicted molar refractivity (Wildman–Crippen MR) is 65.0 cm³/mol. The summed E-state index contributed by atoms with van der Waals surface area (Å²) in [6, 6.07) is 6.11. The smallest absolute Gasteiger partial charge is 0.194 e. The van der Waals surface area contributed by atoms with Gasteiger partial charge in [0.2, 0.25) is 0 Å². The van der Waals surface area contributed by atoms with Crippen molar-refractivity contribution in [3.63, 3.8) is 0 Å².